The smallest absolute Gasteiger partial charge is 0.336 e. The summed E-state index contributed by atoms with van der Waals surface area (Å²) in [6.07, 6.45) is 0. The summed E-state index contributed by atoms with van der Waals surface area (Å²) in [7, 11) is 0. The van der Waals surface area contributed by atoms with Gasteiger partial charge in [-0.15, -0.1) is 0 Å². The Balaban J connectivity index is 2.73. The number of hydrogen-bond donors (Lipinski definition) is 1. The van der Waals surface area contributed by atoms with Crippen LogP contribution in [0.4, 0.5) is 13.2 Å². The Hall–Kier alpha value is -2.30. The van der Waals surface area contributed by atoms with E-state index in [1.807, 2.05) is 0 Å². The van der Waals surface area contributed by atoms with Crippen molar-refractivity contribution in [2.45, 2.75) is 6.92 Å². The molecule has 0 bridgehead atoms. The van der Waals surface area contributed by atoms with E-state index < -0.39 is 23.4 Å². The number of benzene rings is 2. The van der Waals surface area contributed by atoms with E-state index in [2.05, 4.69) is 0 Å². The van der Waals surface area contributed by atoms with Crippen molar-refractivity contribution in [3.8, 4) is 11.1 Å². The minimum absolute atomic E-state index is 0.117. The summed E-state index contributed by atoms with van der Waals surface area (Å²) in [5, 5.41) is 9.07. The number of aromatic carboxylic acids is 1. The van der Waals surface area contributed by atoms with Gasteiger partial charge in [0.1, 0.15) is 17.5 Å². The van der Waals surface area contributed by atoms with Crippen LogP contribution in [-0.2, 0) is 0 Å². The van der Waals surface area contributed by atoms with Gasteiger partial charge >= 0.3 is 5.97 Å². The molecule has 5 heteroatoms. The third-order valence-corrected chi connectivity index (χ3v) is 2.75. The first-order valence-corrected chi connectivity index (χ1v) is 5.39. The molecule has 0 heterocycles. The van der Waals surface area contributed by atoms with Crippen molar-refractivity contribution in [1.82, 2.24) is 0 Å². The summed E-state index contributed by atoms with van der Waals surface area (Å²) >= 11 is 0. The summed E-state index contributed by atoms with van der Waals surface area (Å²) in [6, 6.07) is 4.76. The SMILES string of the molecule is Cc1cc(C(=O)O)c(-c2ccc(F)cc2F)cc1F. The molecule has 0 atom stereocenters. The largest absolute Gasteiger partial charge is 0.478 e. The lowest BCUT2D eigenvalue weighted by Crippen LogP contribution is -2.03. The summed E-state index contributed by atoms with van der Waals surface area (Å²) < 4.78 is 40.0. The molecule has 2 rings (SSSR count). The van der Waals surface area contributed by atoms with Gasteiger partial charge in [0.05, 0.1) is 5.56 Å². The second kappa shape index (κ2) is 4.76. The summed E-state index contributed by atoms with van der Waals surface area (Å²) in [5.41, 5.74) is -0.362. The van der Waals surface area contributed by atoms with E-state index in [1.165, 1.54) is 6.92 Å². The summed E-state index contributed by atoms with van der Waals surface area (Å²) in [4.78, 5) is 11.1. The molecule has 19 heavy (non-hydrogen) atoms. The number of aryl methyl sites for hydroxylation is 1. The molecule has 0 fully saturated rings. The molecule has 0 amide bonds. The number of carboxylic acids is 1. The van der Waals surface area contributed by atoms with E-state index >= 15 is 0 Å². The Morgan fingerprint density at radius 2 is 1.68 bits per heavy atom. The molecular formula is C14H9F3O2. The van der Waals surface area contributed by atoms with Crippen molar-refractivity contribution in [2.75, 3.05) is 0 Å². The molecule has 0 spiro atoms. The predicted molar refractivity (Wildman–Crippen MR) is 63.4 cm³/mol. The molecule has 2 aromatic rings. The Morgan fingerprint density at radius 3 is 2.26 bits per heavy atom. The Kier molecular flexibility index (Phi) is 3.29. The molecule has 98 valence electrons. The highest BCUT2D eigenvalue weighted by Gasteiger charge is 2.17. The van der Waals surface area contributed by atoms with Gasteiger partial charge in [-0.25, -0.2) is 18.0 Å². The molecule has 2 aromatic carbocycles. The molecule has 0 aromatic heterocycles. The topological polar surface area (TPSA) is 37.3 Å². The highest BCUT2D eigenvalue weighted by atomic mass is 19.1. The van der Waals surface area contributed by atoms with Crippen molar-refractivity contribution in [1.29, 1.82) is 0 Å². The van der Waals surface area contributed by atoms with Crippen LogP contribution in [0.1, 0.15) is 15.9 Å². The number of hydrogen-bond acceptors (Lipinski definition) is 1. The van der Waals surface area contributed by atoms with Crippen LogP contribution < -0.4 is 0 Å². The minimum atomic E-state index is -1.30. The zero-order valence-corrected chi connectivity index (χ0v) is 9.88. The van der Waals surface area contributed by atoms with Gasteiger partial charge in [0.25, 0.3) is 0 Å². The molecule has 2 nitrogen and oxygen atoms in total. The van der Waals surface area contributed by atoms with Gasteiger partial charge in [0.15, 0.2) is 0 Å². The summed E-state index contributed by atoms with van der Waals surface area (Å²) in [5.74, 6) is -3.68. The van der Waals surface area contributed by atoms with Crippen LogP contribution in [0.5, 0.6) is 0 Å². The molecule has 0 unspecified atom stereocenters. The fourth-order valence-electron chi connectivity index (χ4n) is 1.79. The standard InChI is InChI=1S/C14H9F3O2/c1-7-4-11(14(18)19)10(6-12(7)16)9-3-2-8(15)5-13(9)17/h2-6H,1H3,(H,18,19). The first-order valence-electron chi connectivity index (χ1n) is 5.39. The first kappa shape index (κ1) is 13.1. The van der Waals surface area contributed by atoms with E-state index in [-0.39, 0.29) is 22.3 Å². The second-order valence-corrected chi connectivity index (χ2v) is 4.08. The van der Waals surface area contributed by atoms with E-state index in [0.717, 1.165) is 24.3 Å². The average molecular weight is 266 g/mol. The van der Waals surface area contributed by atoms with Crippen molar-refractivity contribution < 1.29 is 23.1 Å². The lowest BCUT2D eigenvalue weighted by molar-refractivity contribution is 0.0697. The predicted octanol–water partition coefficient (Wildman–Crippen LogP) is 3.78. The second-order valence-electron chi connectivity index (χ2n) is 4.08. The molecule has 0 aliphatic heterocycles. The fraction of sp³-hybridized carbons (Fsp3) is 0.0714. The zero-order valence-electron chi connectivity index (χ0n) is 9.88. The van der Waals surface area contributed by atoms with Gasteiger partial charge in [0, 0.05) is 17.2 Å². The Bertz CT molecular complexity index is 666. The third kappa shape index (κ3) is 2.45. The average Bonchev–Trinajstić information content (AvgIpc) is 2.32. The first-order chi connectivity index (χ1) is 8.90. The van der Waals surface area contributed by atoms with Gasteiger partial charge in [0.2, 0.25) is 0 Å². The fourth-order valence-corrected chi connectivity index (χ4v) is 1.79. The van der Waals surface area contributed by atoms with Gasteiger partial charge in [-0.3, -0.25) is 0 Å². The van der Waals surface area contributed by atoms with Crippen LogP contribution in [0.2, 0.25) is 0 Å². The maximum absolute atomic E-state index is 13.7. The minimum Gasteiger partial charge on any atom is -0.478 e. The Morgan fingerprint density at radius 1 is 1.00 bits per heavy atom. The van der Waals surface area contributed by atoms with Gasteiger partial charge < -0.3 is 5.11 Å². The number of halogens is 3. The highest BCUT2D eigenvalue weighted by Crippen LogP contribution is 2.29. The lowest BCUT2D eigenvalue weighted by atomic mass is 9.97. The van der Waals surface area contributed by atoms with E-state index in [1.54, 1.807) is 0 Å². The molecule has 0 saturated heterocycles. The molecule has 1 N–H and O–H groups in total. The Labute approximate surface area is 107 Å². The molecule has 0 saturated carbocycles. The normalized spacial score (nSPS) is 10.5. The van der Waals surface area contributed by atoms with Crippen LogP contribution in [0, 0.1) is 24.4 Å². The van der Waals surface area contributed by atoms with Crippen molar-refractivity contribution >= 4 is 5.97 Å². The number of rotatable bonds is 2. The maximum atomic E-state index is 13.7. The quantitative estimate of drug-likeness (QED) is 0.898. The van der Waals surface area contributed by atoms with Crippen LogP contribution in [0.3, 0.4) is 0 Å². The van der Waals surface area contributed by atoms with Crippen LogP contribution in [-0.4, -0.2) is 11.1 Å². The van der Waals surface area contributed by atoms with Gasteiger partial charge in [-0.05, 0) is 36.8 Å². The van der Waals surface area contributed by atoms with Crippen LogP contribution in [0.25, 0.3) is 11.1 Å². The zero-order chi connectivity index (χ0) is 14.2. The van der Waals surface area contributed by atoms with Gasteiger partial charge in [-0.2, -0.15) is 0 Å². The maximum Gasteiger partial charge on any atom is 0.336 e. The molecule has 0 aliphatic rings. The van der Waals surface area contributed by atoms with Gasteiger partial charge in [-0.1, -0.05) is 0 Å². The van der Waals surface area contributed by atoms with Crippen LogP contribution >= 0.6 is 0 Å². The van der Waals surface area contributed by atoms with E-state index in [9.17, 15) is 18.0 Å². The highest BCUT2D eigenvalue weighted by molar-refractivity contribution is 5.96. The monoisotopic (exact) mass is 266 g/mol. The van der Waals surface area contributed by atoms with Crippen molar-refractivity contribution in [3.63, 3.8) is 0 Å². The van der Waals surface area contributed by atoms with Crippen molar-refractivity contribution in [2.24, 2.45) is 0 Å². The van der Waals surface area contributed by atoms with E-state index in [4.69, 9.17) is 5.11 Å². The molecule has 0 radical (unpaired) electrons. The van der Waals surface area contributed by atoms with Crippen molar-refractivity contribution in [3.05, 3.63) is 58.9 Å². The third-order valence-electron chi connectivity index (χ3n) is 2.75. The molecular weight excluding hydrogens is 257 g/mol. The number of carboxylic acid groups (broad SMARTS) is 1. The lowest BCUT2D eigenvalue weighted by Gasteiger charge is -2.09. The molecule has 0 aliphatic carbocycles. The number of carbonyl (C=O) groups is 1. The van der Waals surface area contributed by atoms with E-state index in [0.29, 0.717) is 6.07 Å². The summed E-state index contributed by atoms with van der Waals surface area (Å²) in [6.45, 7) is 1.41. The van der Waals surface area contributed by atoms with Crippen LogP contribution in [0.15, 0.2) is 30.3 Å².